The third-order valence-corrected chi connectivity index (χ3v) is 1.90. The first kappa shape index (κ1) is 8.60. The molecule has 2 nitrogen and oxygen atoms in total. The molecule has 0 amide bonds. The predicted molar refractivity (Wildman–Crippen MR) is 46.9 cm³/mol. The Morgan fingerprint density at radius 3 is 2.73 bits per heavy atom. The maximum Gasteiger partial charge on any atom is 0.106 e. The summed E-state index contributed by atoms with van der Waals surface area (Å²) < 4.78 is 0. The molecule has 1 N–H and O–H groups in total. The molecule has 0 atom stereocenters. The Labute approximate surface area is 72.0 Å². The average Bonchev–Trinajstić information content (AvgIpc) is 2.32. The van der Waals surface area contributed by atoms with Crippen molar-refractivity contribution in [2.45, 2.75) is 32.6 Å². The van der Waals surface area contributed by atoms with Crippen molar-refractivity contribution in [2.24, 2.45) is 0 Å². The molecule has 11 heavy (non-hydrogen) atoms. The number of rotatable bonds is 3. The molecule has 1 aromatic heterocycles. The van der Waals surface area contributed by atoms with Gasteiger partial charge >= 0.3 is 0 Å². The monoisotopic (exact) mass is 172 g/mol. The van der Waals surface area contributed by atoms with E-state index in [1.807, 2.05) is 6.92 Å². The highest BCUT2D eigenvalue weighted by atomic mass is 35.5. The van der Waals surface area contributed by atoms with Gasteiger partial charge in [-0.1, -0.05) is 6.92 Å². The molecule has 0 bridgehead atoms. The standard InChI is InChI=1S/C8H13ClN2/c1-3-4-8-10-6(2)7(5-9)11-8/h3-5H2,1-2H3,(H,10,11). The Bertz CT molecular complexity index is 230. The molecule has 0 radical (unpaired) electrons. The van der Waals surface area contributed by atoms with Crippen LogP contribution in [0.4, 0.5) is 0 Å². The quantitative estimate of drug-likeness (QED) is 0.697. The normalized spacial score (nSPS) is 10.5. The second-order valence-corrected chi connectivity index (χ2v) is 2.91. The fourth-order valence-electron chi connectivity index (χ4n) is 1.05. The third-order valence-electron chi connectivity index (χ3n) is 1.65. The maximum absolute atomic E-state index is 5.66. The minimum Gasteiger partial charge on any atom is -0.346 e. The van der Waals surface area contributed by atoms with Crippen LogP contribution in [-0.4, -0.2) is 9.97 Å². The highest BCUT2D eigenvalue weighted by molar-refractivity contribution is 6.16. The molecule has 0 unspecified atom stereocenters. The van der Waals surface area contributed by atoms with Gasteiger partial charge in [-0.15, -0.1) is 11.6 Å². The molecule has 0 aromatic carbocycles. The van der Waals surface area contributed by atoms with E-state index in [0.29, 0.717) is 5.88 Å². The van der Waals surface area contributed by atoms with E-state index in [0.717, 1.165) is 30.1 Å². The summed E-state index contributed by atoms with van der Waals surface area (Å²) in [6, 6.07) is 0. The highest BCUT2D eigenvalue weighted by Crippen LogP contribution is 2.08. The molecular weight excluding hydrogens is 160 g/mol. The van der Waals surface area contributed by atoms with Gasteiger partial charge in [0.15, 0.2) is 0 Å². The molecule has 0 saturated carbocycles. The summed E-state index contributed by atoms with van der Waals surface area (Å²) in [5.41, 5.74) is 2.08. The van der Waals surface area contributed by atoms with Gasteiger partial charge in [0.25, 0.3) is 0 Å². The molecule has 0 aliphatic rings. The number of aryl methyl sites for hydroxylation is 2. The van der Waals surface area contributed by atoms with Crippen molar-refractivity contribution in [3.63, 3.8) is 0 Å². The predicted octanol–water partition coefficient (Wildman–Crippen LogP) is 2.41. The van der Waals surface area contributed by atoms with E-state index in [9.17, 15) is 0 Å². The molecule has 0 aliphatic carbocycles. The number of aromatic amines is 1. The number of nitrogens with zero attached hydrogens (tertiary/aromatic N) is 1. The van der Waals surface area contributed by atoms with Crippen LogP contribution >= 0.6 is 11.6 Å². The van der Waals surface area contributed by atoms with Crippen LogP contribution in [0.3, 0.4) is 0 Å². The van der Waals surface area contributed by atoms with E-state index >= 15 is 0 Å². The summed E-state index contributed by atoms with van der Waals surface area (Å²) >= 11 is 5.66. The summed E-state index contributed by atoms with van der Waals surface area (Å²) in [5.74, 6) is 1.56. The van der Waals surface area contributed by atoms with Crippen LogP contribution in [0.1, 0.15) is 30.6 Å². The summed E-state index contributed by atoms with van der Waals surface area (Å²) in [6.07, 6.45) is 2.13. The summed E-state index contributed by atoms with van der Waals surface area (Å²) in [4.78, 5) is 7.53. The van der Waals surface area contributed by atoms with Gasteiger partial charge in [0, 0.05) is 12.1 Å². The average molecular weight is 173 g/mol. The van der Waals surface area contributed by atoms with Crippen molar-refractivity contribution in [1.82, 2.24) is 9.97 Å². The second-order valence-electron chi connectivity index (χ2n) is 2.64. The van der Waals surface area contributed by atoms with Crippen LogP contribution in [0.15, 0.2) is 0 Å². The lowest BCUT2D eigenvalue weighted by molar-refractivity contribution is 0.851. The minimum absolute atomic E-state index is 0.506. The zero-order chi connectivity index (χ0) is 8.27. The Morgan fingerprint density at radius 1 is 1.55 bits per heavy atom. The van der Waals surface area contributed by atoms with Gasteiger partial charge in [0.05, 0.1) is 11.6 Å². The van der Waals surface area contributed by atoms with E-state index < -0.39 is 0 Å². The van der Waals surface area contributed by atoms with Gasteiger partial charge in [0.1, 0.15) is 5.82 Å². The lowest BCUT2D eigenvalue weighted by atomic mass is 10.3. The number of alkyl halides is 1. The van der Waals surface area contributed by atoms with Crippen LogP contribution in [0.25, 0.3) is 0 Å². The molecule has 0 saturated heterocycles. The zero-order valence-corrected chi connectivity index (χ0v) is 7.70. The fraction of sp³-hybridized carbons (Fsp3) is 0.625. The van der Waals surface area contributed by atoms with Crippen molar-refractivity contribution >= 4 is 11.6 Å². The maximum atomic E-state index is 5.66. The Balaban J connectivity index is 2.77. The topological polar surface area (TPSA) is 28.7 Å². The first-order chi connectivity index (χ1) is 5.27. The van der Waals surface area contributed by atoms with Crippen LogP contribution in [0.5, 0.6) is 0 Å². The number of hydrogen-bond acceptors (Lipinski definition) is 1. The first-order valence-corrected chi connectivity index (χ1v) is 4.41. The van der Waals surface area contributed by atoms with E-state index in [-0.39, 0.29) is 0 Å². The molecule has 1 rings (SSSR count). The van der Waals surface area contributed by atoms with Crippen molar-refractivity contribution < 1.29 is 0 Å². The van der Waals surface area contributed by atoms with E-state index in [4.69, 9.17) is 11.6 Å². The van der Waals surface area contributed by atoms with E-state index in [1.54, 1.807) is 0 Å². The number of halogens is 1. The van der Waals surface area contributed by atoms with Gasteiger partial charge in [-0.25, -0.2) is 4.98 Å². The lowest BCUT2D eigenvalue weighted by Gasteiger charge is -1.87. The number of hydrogen-bond donors (Lipinski definition) is 1. The molecule has 62 valence electrons. The third kappa shape index (κ3) is 1.96. The first-order valence-electron chi connectivity index (χ1n) is 3.88. The van der Waals surface area contributed by atoms with Gasteiger partial charge in [-0.05, 0) is 13.3 Å². The SMILES string of the molecule is CCCc1nc(CCl)c(C)[nH]1. The molecule has 1 heterocycles. The molecular formula is C8H13ClN2. The lowest BCUT2D eigenvalue weighted by Crippen LogP contribution is -1.85. The molecule has 1 aromatic rings. The Hall–Kier alpha value is -0.500. The number of nitrogens with one attached hydrogen (secondary N) is 1. The number of imidazole rings is 1. The van der Waals surface area contributed by atoms with E-state index in [2.05, 4.69) is 16.9 Å². The van der Waals surface area contributed by atoms with Crippen molar-refractivity contribution in [1.29, 1.82) is 0 Å². The van der Waals surface area contributed by atoms with Gasteiger partial charge in [-0.3, -0.25) is 0 Å². The number of H-pyrrole nitrogens is 1. The van der Waals surface area contributed by atoms with Crippen molar-refractivity contribution in [2.75, 3.05) is 0 Å². The number of aromatic nitrogens is 2. The summed E-state index contributed by atoms with van der Waals surface area (Å²) in [7, 11) is 0. The second kappa shape index (κ2) is 3.77. The van der Waals surface area contributed by atoms with Crippen LogP contribution in [0, 0.1) is 6.92 Å². The van der Waals surface area contributed by atoms with Gasteiger partial charge in [-0.2, -0.15) is 0 Å². The summed E-state index contributed by atoms with van der Waals surface area (Å²) in [6.45, 7) is 4.14. The Morgan fingerprint density at radius 2 is 2.27 bits per heavy atom. The minimum atomic E-state index is 0.506. The molecule has 0 spiro atoms. The van der Waals surface area contributed by atoms with Crippen LogP contribution in [0.2, 0.25) is 0 Å². The fourth-order valence-corrected chi connectivity index (χ4v) is 1.31. The van der Waals surface area contributed by atoms with Gasteiger partial charge in [0.2, 0.25) is 0 Å². The van der Waals surface area contributed by atoms with Gasteiger partial charge < -0.3 is 4.98 Å². The van der Waals surface area contributed by atoms with Crippen LogP contribution < -0.4 is 0 Å². The molecule has 3 heteroatoms. The summed E-state index contributed by atoms with van der Waals surface area (Å²) in [5, 5.41) is 0. The van der Waals surface area contributed by atoms with Crippen molar-refractivity contribution in [3.8, 4) is 0 Å². The van der Waals surface area contributed by atoms with Crippen LogP contribution in [-0.2, 0) is 12.3 Å². The Kier molecular flexibility index (Phi) is 2.94. The highest BCUT2D eigenvalue weighted by Gasteiger charge is 2.03. The zero-order valence-electron chi connectivity index (χ0n) is 6.95. The molecule has 0 aliphatic heterocycles. The largest absolute Gasteiger partial charge is 0.346 e. The smallest absolute Gasteiger partial charge is 0.106 e. The van der Waals surface area contributed by atoms with Crippen molar-refractivity contribution in [3.05, 3.63) is 17.2 Å². The molecule has 0 fully saturated rings. The van der Waals surface area contributed by atoms with E-state index in [1.165, 1.54) is 0 Å².